The van der Waals surface area contributed by atoms with E-state index in [1.54, 1.807) is 0 Å². The second-order valence-electron chi connectivity index (χ2n) is 7.17. The highest BCUT2D eigenvalue weighted by Crippen LogP contribution is 2.31. The Morgan fingerprint density at radius 2 is 1.83 bits per heavy atom. The number of benzene rings is 1. The van der Waals surface area contributed by atoms with Crippen LogP contribution in [-0.2, 0) is 16.1 Å². The maximum atomic E-state index is 12.4. The second kappa shape index (κ2) is 6.62. The highest BCUT2D eigenvalue weighted by atomic mass is 16.5. The number of morpholine rings is 1. The van der Waals surface area contributed by atoms with Gasteiger partial charge in [0, 0.05) is 25.7 Å². The molecule has 1 aromatic carbocycles. The molecule has 0 bridgehead atoms. The molecule has 3 fully saturated rings. The van der Waals surface area contributed by atoms with Crippen LogP contribution in [0.4, 0.5) is 0 Å². The number of nitrogens with zero attached hydrogens (tertiary/aromatic N) is 2. The summed E-state index contributed by atoms with van der Waals surface area (Å²) in [6.45, 7) is 2.93. The normalized spacial score (nSPS) is 29.7. The topological polar surface area (TPSA) is 32.8 Å². The number of carbonyl (C=O) groups is 1. The highest BCUT2D eigenvalue weighted by Gasteiger charge is 2.44. The Bertz CT molecular complexity index is 542. The Morgan fingerprint density at radius 1 is 1.04 bits per heavy atom. The van der Waals surface area contributed by atoms with Crippen molar-refractivity contribution >= 4 is 5.91 Å². The summed E-state index contributed by atoms with van der Waals surface area (Å²) in [7, 11) is 0. The first kappa shape index (κ1) is 15.2. The van der Waals surface area contributed by atoms with Gasteiger partial charge in [-0.25, -0.2) is 0 Å². The average Bonchev–Trinajstić information content (AvgIpc) is 3.04. The number of likely N-dealkylation sites (tertiary alicyclic amines) is 1. The number of hydrogen-bond acceptors (Lipinski definition) is 3. The molecule has 4 nitrogen and oxygen atoms in total. The Kier molecular flexibility index (Phi) is 4.36. The number of ether oxygens (including phenoxy) is 1. The molecule has 3 aliphatic rings. The quantitative estimate of drug-likeness (QED) is 0.859. The highest BCUT2D eigenvalue weighted by molar-refractivity contribution is 5.78. The van der Waals surface area contributed by atoms with Gasteiger partial charge in [0.1, 0.15) is 6.61 Å². The third-order valence-electron chi connectivity index (χ3n) is 5.69. The zero-order valence-electron chi connectivity index (χ0n) is 13.7. The van der Waals surface area contributed by atoms with Gasteiger partial charge in [-0.1, -0.05) is 49.6 Å². The van der Waals surface area contributed by atoms with Gasteiger partial charge in [-0.2, -0.15) is 0 Å². The summed E-state index contributed by atoms with van der Waals surface area (Å²) < 4.78 is 5.87. The van der Waals surface area contributed by atoms with Crippen LogP contribution in [0.2, 0.25) is 0 Å². The molecule has 2 atom stereocenters. The lowest BCUT2D eigenvalue weighted by molar-refractivity contribution is -0.153. The summed E-state index contributed by atoms with van der Waals surface area (Å²) in [5, 5.41) is 0. The minimum absolute atomic E-state index is 0.139. The van der Waals surface area contributed by atoms with E-state index in [4.69, 9.17) is 4.74 Å². The van der Waals surface area contributed by atoms with Gasteiger partial charge >= 0.3 is 0 Å². The fraction of sp³-hybridized carbons (Fsp3) is 0.632. The van der Waals surface area contributed by atoms with Crippen molar-refractivity contribution in [2.75, 3.05) is 19.7 Å². The zero-order chi connectivity index (χ0) is 15.6. The number of carbonyl (C=O) groups excluding carboxylic acids is 1. The van der Waals surface area contributed by atoms with Gasteiger partial charge in [0.2, 0.25) is 5.91 Å². The monoisotopic (exact) mass is 314 g/mol. The summed E-state index contributed by atoms with van der Waals surface area (Å²) in [4.78, 5) is 17.1. The molecule has 124 valence electrons. The standard InChI is InChI=1S/C19H26N2O2/c22-19-14-23-18-13-20(16-9-5-2-6-10-16)12-17(18)21(19)11-15-7-3-1-4-8-15/h1,3-4,7-8,16-18H,2,5-6,9-14H2/t17-,18-/m0/s1. The predicted molar refractivity (Wildman–Crippen MR) is 89.0 cm³/mol. The lowest BCUT2D eigenvalue weighted by Gasteiger charge is -2.37. The number of amides is 1. The molecule has 0 N–H and O–H groups in total. The molecule has 4 rings (SSSR count). The van der Waals surface area contributed by atoms with E-state index in [0.717, 1.165) is 13.1 Å². The molecule has 2 heterocycles. The molecule has 2 saturated heterocycles. The largest absolute Gasteiger partial charge is 0.365 e. The Balaban J connectivity index is 1.47. The SMILES string of the molecule is O=C1CO[C@H]2CN(C3CCCCC3)C[C@@H]2N1Cc1ccccc1. The van der Waals surface area contributed by atoms with Crippen LogP contribution < -0.4 is 0 Å². The zero-order valence-corrected chi connectivity index (χ0v) is 13.7. The van der Waals surface area contributed by atoms with Gasteiger partial charge in [0.25, 0.3) is 0 Å². The Morgan fingerprint density at radius 3 is 2.61 bits per heavy atom. The Hall–Kier alpha value is -1.39. The molecular formula is C19H26N2O2. The molecule has 23 heavy (non-hydrogen) atoms. The maximum Gasteiger partial charge on any atom is 0.249 e. The molecule has 1 amide bonds. The predicted octanol–water partition coefficient (Wildman–Crippen LogP) is 2.43. The van der Waals surface area contributed by atoms with Crippen molar-refractivity contribution in [1.82, 2.24) is 9.80 Å². The Labute approximate surface area is 138 Å². The van der Waals surface area contributed by atoms with Gasteiger partial charge in [-0.3, -0.25) is 9.69 Å². The lowest BCUT2D eigenvalue weighted by Crippen LogP contribution is -2.53. The summed E-state index contributed by atoms with van der Waals surface area (Å²) in [5.41, 5.74) is 1.21. The van der Waals surface area contributed by atoms with Crippen molar-refractivity contribution in [2.45, 2.75) is 56.8 Å². The molecule has 1 aromatic rings. The van der Waals surface area contributed by atoms with Crippen LogP contribution >= 0.6 is 0 Å². The van der Waals surface area contributed by atoms with Crippen molar-refractivity contribution in [3.05, 3.63) is 35.9 Å². The van der Waals surface area contributed by atoms with Crippen molar-refractivity contribution in [3.63, 3.8) is 0 Å². The number of hydrogen-bond donors (Lipinski definition) is 0. The van der Waals surface area contributed by atoms with Crippen LogP contribution in [0.5, 0.6) is 0 Å². The first-order valence-electron chi connectivity index (χ1n) is 9.00. The van der Waals surface area contributed by atoms with E-state index >= 15 is 0 Å². The third kappa shape index (κ3) is 3.15. The van der Waals surface area contributed by atoms with Gasteiger partial charge < -0.3 is 9.64 Å². The van der Waals surface area contributed by atoms with E-state index in [2.05, 4.69) is 21.9 Å². The van der Waals surface area contributed by atoms with Gasteiger partial charge in [0.15, 0.2) is 0 Å². The molecular weight excluding hydrogens is 288 g/mol. The fourth-order valence-electron chi connectivity index (χ4n) is 4.42. The lowest BCUT2D eigenvalue weighted by atomic mass is 9.94. The molecule has 4 heteroatoms. The first-order chi connectivity index (χ1) is 11.3. The second-order valence-corrected chi connectivity index (χ2v) is 7.17. The van der Waals surface area contributed by atoms with Crippen LogP contribution in [-0.4, -0.2) is 53.6 Å². The first-order valence-corrected chi connectivity index (χ1v) is 9.00. The third-order valence-corrected chi connectivity index (χ3v) is 5.69. The van der Waals surface area contributed by atoms with E-state index < -0.39 is 0 Å². The van der Waals surface area contributed by atoms with E-state index in [0.29, 0.717) is 12.6 Å². The minimum Gasteiger partial charge on any atom is -0.365 e. The number of rotatable bonds is 3. The van der Waals surface area contributed by atoms with Gasteiger partial charge in [-0.15, -0.1) is 0 Å². The van der Waals surface area contributed by atoms with Crippen LogP contribution in [0, 0.1) is 0 Å². The van der Waals surface area contributed by atoms with Crippen molar-refractivity contribution in [3.8, 4) is 0 Å². The molecule has 2 aliphatic heterocycles. The van der Waals surface area contributed by atoms with Crippen molar-refractivity contribution < 1.29 is 9.53 Å². The van der Waals surface area contributed by atoms with Crippen LogP contribution in [0.3, 0.4) is 0 Å². The summed E-state index contributed by atoms with van der Waals surface area (Å²) in [6, 6.07) is 11.2. The van der Waals surface area contributed by atoms with Crippen molar-refractivity contribution in [1.29, 1.82) is 0 Å². The average molecular weight is 314 g/mol. The van der Waals surface area contributed by atoms with Crippen LogP contribution in [0.1, 0.15) is 37.7 Å². The smallest absolute Gasteiger partial charge is 0.249 e. The molecule has 0 aromatic heterocycles. The van der Waals surface area contributed by atoms with Gasteiger partial charge in [-0.05, 0) is 18.4 Å². The minimum atomic E-state index is 0.139. The molecule has 1 aliphatic carbocycles. The molecule has 0 unspecified atom stereocenters. The van der Waals surface area contributed by atoms with E-state index in [-0.39, 0.29) is 24.7 Å². The van der Waals surface area contributed by atoms with E-state index in [1.807, 2.05) is 18.2 Å². The summed E-state index contributed by atoms with van der Waals surface area (Å²) >= 11 is 0. The van der Waals surface area contributed by atoms with Crippen molar-refractivity contribution in [2.24, 2.45) is 0 Å². The fourth-order valence-corrected chi connectivity index (χ4v) is 4.42. The molecule has 0 radical (unpaired) electrons. The van der Waals surface area contributed by atoms with Crippen LogP contribution in [0.15, 0.2) is 30.3 Å². The van der Waals surface area contributed by atoms with Gasteiger partial charge in [0.05, 0.1) is 12.1 Å². The van der Waals surface area contributed by atoms with E-state index in [9.17, 15) is 4.79 Å². The maximum absolute atomic E-state index is 12.4. The van der Waals surface area contributed by atoms with E-state index in [1.165, 1.54) is 37.7 Å². The molecule has 0 spiro atoms. The summed E-state index contributed by atoms with van der Waals surface area (Å²) in [5.74, 6) is 0.139. The van der Waals surface area contributed by atoms with Crippen LogP contribution in [0.25, 0.3) is 0 Å². The number of fused-ring (bicyclic) bond motifs is 1. The summed E-state index contributed by atoms with van der Waals surface area (Å²) in [6.07, 6.45) is 6.90. The molecule has 1 saturated carbocycles.